The molecular weight excluding hydrogens is 509 g/mol. The van der Waals surface area contributed by atoms with E-state index in [9.17, 15) is 28.0 Å². The fourth-order valence-electron chi connectivity index (χ4n) is 4.30. The van der Waals surface area contributed by atoms with Gasteiger partial charge in [0.2, 0.25) is 19.8 Å². The monoisotopic (exact) mass is 521 g/mol. The van der Waals surface area contributed by atoms with E-state index in [1.165, 1.54) is 30.3 Å². The number of amides is 4. The van der Waals surface area contributed by atoms with Crippen molar-refractivity contribution in [2.45, 2.75) is 34.9 Å². The molecule has 0 bridgehead atoms. The lowest BCUT2D eigenvalue weighted by molar-refractivity contribution is -0.155. The molecule has 4 rings (SSSR count). The summed E-state index contributed by atoms with van der Waals surface area (Å²) in [5, 5.41) is -0.303. The Hall–Kier alpha value is -2.94. The number of benzene rings is 2. The van der Waals surface area contributed by atoms with Gasteiger partial charge in [-0.25, -0.2) is 0 Å². The number of imide groups is 1. The normalized spacial score (nSPS) is 23.7. The van der Waals surface area contributed by atoms with Crippen LogP contribution in [0.25, 0.3) is 0 Å². The molecule has 1 N–H and O–H groups in total. The second kappa shape index (κ2) is 9.36. The van der Waals surface area contributed by atoms with Crippen molar-refractivity contribution in [2.75, 3.05) is 0 Å². The van der Waals surface area contributed by atoms with Crippen molar-refractivity contribution < 1.29 is 28.0 Å². The summed E-state index contributed by atoms with van der Waals surface area (Å²) in [6.45, 7) is -0.309. The molecule has 1 fully saturated rings. The third-order valence-corrected chi connectivity index (χ3v) is 6.96. The highest BCUT2D eigenvalue weighted by Crippen LogP contribution is 2.42. The van der Waals surface area contributed by atoms with E-state index in [1.54, 1.807) is 0 Å². The molecule has 2 aromatic rings. The summed E-state index contributed by atoms with van der Waals surface area (Å²) < 4.78 is 29.8. The largest absolute Gasteiger partial charge is 0.398 e. The molecule has 0 aliphatic carbocycles. The lowest BCUT2D eigenvalue weighted by Crippen LogP contribution is -2.67. The van der Waals surface area contributed by atoms with Crippen molar-refractivity contribution in [3.05, 3.63) is 69.7 Å². The molecule has 38 heavy (non-hydrogen) atoms. The summed E-state index contributed by atoms with van der Waals surface area (Å²) in [5.41, 5.74) is -2.73. The van der Waals surface area contributed by atoms with Crippen molar-refractivity contribution in [2.24, 2.45) is 0 Å². The first-order valence-corrected chi connectivity index (χ1v) is 11.3. The molecule has 178 valence electrons. The van der Waals surface area contributed by atoms with Crippen LogP contribution in [0.1, 0.15) is 27.0 Å². The van der Waals surface area contributed by atoms with Crippen molar-refractivity contribution in [3.8, 4) is 0 Å². The van der Waals surface area contributed by atoms with Crippen molar-refractivity contribution in [1.82, 2.24) is 15.0 Å². The minimum absolute atomic E-state index is 0.0164. The zero-order chi connectivity index (χ0) is 28.4. The molecule has 12 radical (unpaired) electrons. The van der Waals surface area contributed by atoms with Crippen LogP contribution in [0.2, 0.25) is 16.7 Å². The first-order chi connectivity index (χ1) is 17.5. The molecule has 1 saturated heterocycles. The highest BCUT2D eigenvalue weighted by Gasteiger charge is 2.54. The van der Waals surface area contributed by atoms with Crippen LogP contribution in [0.3, 0.4) is 0 Å². The molecular formula is C22H12B6ClF2N3O4. The van der Waals surface area contributed by atoms with Gasteiger partial charge in [-0.15, -0.1) is 0 Å². The number of carbonyl (C=O) groups excluding carboxylic acids is 4. The van der Waals surface area contributed by atoms with Gasteiger partial charge in [0, 0.05) is 22.7 Å². The predicted molar refractivity (Wildman–Crippen MR) is 138 cm³/mol. The first-order valence-electron chi connectivity index (χ1n) is 11.0. The maximum absolute atomic E-state index is 14.9. The molecule has 2 heterocycles. The fraction of sp³-hybridized carbons (Fsp3) is 0.273. The molecule has 2 aromatic carbocycles. The van der Waals surface area contributed by atoms with Gasteiger partial charge < -0.3 is 9.71 Å². The quantitative estimate of drug-likeness (QED) is 0.440. The number of piperidine rings is 1. The molecule has 0 spiro atoms. The van der Waals surface area contributed by atoms with E-state index in [-0.39, 0.29) is 33.1 Å². The lowest BCUT2D eigenvalue weighted by atomic mass is 9.48. The molecule has 0 saturated carbocycles. The number of nitrogens with zero attached hydrogens (tertiary/aromatic N) is 2. The molecule has 2 aliphatic rings. The van der Waals surface area contributed by atoms with Gasteiger partial charge in [0.25, 0.3) is 11.8 Å². The number of halogens is 3. The van der Waals surface area contributed by atoms with E-state index in [0.717, 1.165) is 17.0 Å². The molecule has 16 heteroatoms. The Kier molecular flexibility index (Phi) is 6.92. The number of alkyl halides is 2. The minimum atomic E-state index is -4.11. The lowest BCUT2D eigenvalue weighted by Gasteiger charge is -2.48. The topological polar surface area (TPSA) is 86.8 Å². The Morgan fingerprint density at radius 1 is 1.08 bits per heavy atom. The number of carbonyl (C=O) groups is 4. The number of hydrogen-bond donors (Lipinski definition) is 1. The molecule has 0 aromatic heterocycles. The van der Waals surface area contributed by atoms with E-state index in [0.29, 0.717) is 0 Å². The van der Waals surface area contributed by atoms with Crippen molar-refractivity contribution >= 4 is 82.4 Å². The second-order valence-corrected chi connectivity index (χ2v) is 9.48. The van der Waals surface area contributed by atoms with Crippen LogP contribution in [-0.4, -0.2) is 86.0 Å². The van der Waals surface area contributed by atoms with Gasteiger partial charge in [-0.1, -0.05) is 41.7 Å². The van der Waals surface area contributed by atoms with Gasteiger partial charge in [0.1, 0.15) is 7.85 Å². The average molecular weight is 521 g/mol. The third-order valence-electron chi connectivity index (χ3n) is 6.71. The maximum atomic E-state index is 14.9. The van der Waals surface area contributed by atoms with Crippen LogP contribution in [0, 0.1) is 0 Å². The van der Waals surface area contributed by atoms with E-state index in [2.05, 4.69) is 0 Å². The maximum Gasteiger partial charge on any atom is 0.348 e. The summed E-state index contributed by atoms with van der Waals surface area (Å²) in [6.07, 6.45) is 0. The SMILES string of the molecule is [B]C1C(=O)NC(=O)[C@]([B])(N2Cc3cc(C([B])([B])N([B])C(=O)C(F)(F)c4ccc(Cl)cc4)ccc3C2=O)C1[B]. The van der Waals surface area contributed by atoms with Crippen LogP contribution < -0.4 is 5.32 Å². The zero-order valence-electron chi connectivity index (χ0n) is 19.5. The number of rotatable bonds is 5. The Morgan fingerprint density at radius 2 is 1.66 bits per heavy atom. The molecule has 7 nitrogen and oxygen atoms in total. The third kappa shape index (κ3) is 4.19. The van der Waals surface area contributed by atoms with E-state index < -0.39 is 57.5 Å². The predicted octanol–water partition coefficient (Wildman–Crippen LogP) is -0.118. The second-order valence-electron chi connectivity index (χ2n) is 9.04. The van der Waals surface area contributed by atoms with Gasteiger partial charge in [0.15, 0.2) is 0 Å². The number of hydrogen-bond acceptors (Lipinski definition) is 4. The van der Waals surface area contributed by atoms with Crippen molar-refractivity contribution in [3.63, 3.8) is 0 Å². The summed E-state index contributed by atoms with van der Waals surface area (Å²) in [5.74, 6) is -11.5. The Bertz CT molecular complexity index is 1370. The Morgan fingerprint density at radius 3 is 2.26 bits per heavy atom. The van der Waals surface area contributed by atoms with Gasteiger partial charge >= 0.3 is 5.92 Å². The van der Waals surface area contributed by atoms with Crippen LogP contribution in [0.15, 0.2) is 42.5 Å². The highest BCUT2D eigenvalue weighted by atomic mass is 35.5. The van der Waals surface area contributed by atoms with Gasteiger partial charge in [-0.05, 0) is 40.5 Å². The number of nitrogens with one attached hydrogen (secondary N) is 1. The molecule has 3 atom stereocenters. The standard InChI is InChI=1S/C22H12B6ClF2N3O4/c23-14-15(24)20(25,18(37)32-16(14)35)33-8-9-7-11(3-6-13(9)17(33)36)22(26,27)34(28)19(38)21(30,31)10-1-4-12(29)5-2-10/h1-7,14-15H,8H2,(H,32,35,37)/t14?,15?,20-/m1/s1. The Balaban J connectivity index is 1.63. The minimum Gasteiger partial charge on any atom is -0.398 e. The fourth-order valence-corrected chi connectivity index (χ4v) is 4.42. The number of fused-ring (bicyclic) bond motifs is 1. The molecule has 2 unspecified atom stereocenters. The van der Waals surface area contributed by atoms with Crippen LogP contribution in [-0.2, 0) is 32.2 Å². The highest BCUT2D eigenvalue weighted by molar-refractivity contribution is 6.44. The van der Waals surface area contributed by atoms with Crippen LogP contribution >= 0.6 is 11.6 Å². The molecule has 4 amide bonds. The van der Waals surface area contributed by atoms with E-state index in [4.69, 9.17) is 58.8 Å². The van der Waals surface area contributed by atoms with Gasteiger partial charge in [0.05, 0.1) is 36.8 Å². The summed E-state index contributed by atoms with van der Waals surface area (Å²) in [7, 11) is 35.7. The summed E-state index contributed by atoms with van der Waals surface area (Å²) >= 11 is 5.72. The first kappa shape index (κ1) is 28.1. The smallest absolute Gasteiger partial charge is 0.348 e. The Labute approximate surface area is 229 Å². The average Bonchev–Trinajstić information content (AvgIpc) is 3.21. The van der Waals surface area contributed by atoms with E-state index >= 15 is 0 Å². The zero-order valence-corrected chi connectivity index (χ0v) is 20.3. The summed E-state index contributed by atoms with van der Waals surface area (Å²) in [4.78, 5) is 51.2. The van der Waals surface area contributed by atoms with Crippen LogP contribution in [0.5, 0.6) is 0 Å². The van der Waals surface area contributed by atoms with Crippen LogP contribution in [0.4, 0.5) is 8.78 Å². The van der Waals surface area contributed by atoms with Gasteiger partial charge in [-0.2, -0.15) is 8.78 Å². The van der Waals surface area contributed by atoms with Crippen molar-refractivity contribution in [1.29, 1.82) is 0 Å². The summed E-state index contributed by atoms with van der Waals surface area (Å²) in [6, 6.07) is 7.95. The molecule has 2 aliphatic heterocycles. The van der Waals surface area contributed by atoms with Gasteiger partial charge in [-0.3, -0.25) is 24.5 Å². The van der Waals surface area contributed by atoms with E-state index in [1.807, 2.05) is 5.32 Å².